The number of para-hydroxylation sites is 2. The second-order valence-corrected chi connectivity index (χ2v) is 5.95. The highest BCUT2D eigenvalue weighted by atomic mass is 16.1. The van der Waals surface area contributed by atoms with Crippen LogP contribution in [0, 0.1) is 0 Å². The van der Waals surface area contributed by atoms with E-state index < -0.39 is 0 Å². The molecule has 0 saturated carbocycles. The molecule has 0 atom stereocenters. The second kappa shape index (κ2) is 5.96. The largest absolute Gasteiger partial charge is 0.385 e. The maximum absolute atomic E-state index is 12.7. The fourth-order valence-electron chi connectivity index (χ4n) is 3.26. The molecule has 4 heteroatoms. The third kappa shape index (κ3) is 2.40. The summed E-state index contributed by atoms with van der Waals surface area (Å²) < 4.78 is 1.80. The van der Waals surface area contributed by atoms with E-state index in [9.17, 15) is 4.79 Å². The lowest BCUT2D eigenvalue weighted by atomic mass is 10.1. The molecule has 4 rings (SSSR count). The van der Waals surface area contributed by atoms with E-state index in [1.165, 1.54) is 0 Å². The van der Waals surface area contributed by atoms with Crippen molar-refractivity contribution in [3.05, 3.63) is 70.3 Å². The number of allylic oxidation sites excluding steroid dienone is 1. The molecule has 0 unspecified atom stereocenters. The number of rotatable bonds is 3. The van der Waals surface area contributed by atoms with Crippen LogP contribution in [0.5, 0.6) is 0 Å². The molecule has 0 aliphatic carbocycles. The lowest BCUT2D eigenvalue weighted by molar-refractivity contribution is 0.725. The molecule has 0 radical (unpaired) electrons. The lowest BCUT2D eigenvalue weighted by Gasteiger charge is -2.09. The molecule has 1 aliphatic heterocycles. The van der Waals surface area contributed by atoms with Crippen LogP contribution in [0.3, 0.4) is 0 Å². The van der Waals surface area contributed by atoms with Gasteiger partial charge in [0, 0.05) is 18.8 Å². The zero-order valence-corrected chi connectivity index (χ0v) is 13.6. The van der Waals surface area contributed by atoms with Crippen molar-refractivity contribution in [1.82, 2.24) is 9.55 Å². The summed E-state index contributed by atoms with van der Waals surface area (Å²) in [6, 6.07) is 15.8. The molecule has 1 aromatic heterocycles. The van der Waals surface area contributed by atoms with Crippen LogP contribution in [0.2, 0.25) is 0 Å². The van der Waals surface area contributed by atoms with Crippen LogP contribution in [-0.4, -0.2) is 16.1 Å². The van der Waals surface area contributed by atoms with Crippen LogP contribution >= 0.6 is 0 Å². The Balaban J connectivity index is 1.86. The molecule has 3 aromatic rings. The van der Waals surface area contributed by atoms with Gasteiger partial charge in [-0.15, -0.1) is 0 Å². The normalized spacial score (nSPS) is 15.0. The van der Waals surface area contributed by atoms with E-state index in [1.54, 1.807) is 4.57 Å². The summed E-state index contributed by atoms with van der Waals surface area (Å²) in [5.41, 5.74) is 4.17. The van der Waals surface area contributed by atoms with E-state index >= 15 is 0 Å². The Kier molecular flexibility index (Phi) is 3.65. The predicted octanol–water partition coefficient (Wildman–Crippen LogP) is 3.77. The average molecular weight is 317 g/mol. The maximum Gasteiger partial charge on any atom is 0.261 e. The molecule has 4 nitrogen and oxygen atoms in total. The van der Waals surface area contributed by atoms with Gasteiger partial charge in [-0.1, -0.05) is 30.3 Å². The SMILES string of the molecule is CCNc1ccccc1/C=C1\CCn2c1nc1ccccc1c2=O. The van der Waals surface area contributed by atoms with E-state index in [-0.39, 0.29) is 5.56 Å². The zero-order chi connectivity index (χ0) is 16.5. The van der Waals surface area contributed by atoms with Crippen molar-refractivity contribution in [1.29, 1.82) is 0 Å². The third-order valence-corrected chi connectivity index (χ3v) is 4.41. The number of anilines is 1. The van der Waals surface area contributed by atoms with Gasteiger partial charge in [0.05, 0.1) is 10.9 Å². The van der Waals surface area contributed by atoms with Gasteiger partial charge in [-0.2, -0.15) is 0 Å². The summed E-state index contributed by atoms with van der Waals surface area (Å²) in [5, 5.41) is 4.07. The monoisotopic (exact) mass is 317 g/mol. The number of nitrogens with zero attached hydrogens (tertiary/aromatic N) is 2. The zero-order valence-electron chi connectivity index (χ0n) is 13.6. The van der Waals surface area contributed by atoms with Gasteiger partial charge in [0.1, 0.15) is 5.82 Å². The second-order valence-electron chi connectivity index (χ2n) is 5.95. The molecule has 2 aromatic carbocycles. The molecule has 0 saturated heterocycles. The van der Waals surface area contributed by atoms with Crippen molar-refractivity contribution in [2.75, 3.05) is 11.9 Å². The minimum absolute atomic E-state index is 0.0546. The standard InChI is InChI=1S/C20H19N3O/c1-2-21-17-9-5-3-7-14(17)13-15-11-12-23-19(15)22-18-10-6-4-8-16(18)20(23)24/h3-10,13,21H,2,11-12H2,1H3/b15-13+. The number of hydrogen-bond acceptors (Lipinski definition) is 3. The summed E-state index contributed by atoms with van der Waals surface area (Å²) >= 11 is 0. The highest BCUT2D eigenvalue weighted by molar-refractivity contribution is 5.87. The van der Waals surface area contributed by atoms with E-state index in [2.05, 4.69) is 30.4 Å². The van der Waals surface area contributed by atoms with Gasteiger partial charge in [0.25, 0.3) is 5.56 Å². The molecular weight excluding hydrogens is 298 g/mol. The molecule has 0 bridgehead atoms. The highest BCUT2D eigenvalue weighted by Crippen LogP contribution is 2.29. The molecule has 1 aliphatic rings. The molecule has 0 amide bonds. The Bertz CT molecular complexity index is 1000. The van der Waals surface area contributed by atoms with Crippen molar-refractivity contribution in [2.24, 2.45) is 0 Å². The van der Waals surface area contributed by atoms with Crippen molar-refractivity contribution >= 4 is 28.2 Å². The van der Waals surface area contributed by atoms with E-state index in [0.717, 1.165) is 41.1 Å². The van der Waals surface area contributed by atoms with Crippen molar-refractivity contribution in [3.63, 3.8) is 0 Å². The van der Waals surface area contributed by atoms with E-state index in [0.29, 0.717) is 11.9 Å². The summed E-state index contributed by atoms with van der Waals surface area (Å²) in [6.45, 7) is 3.66. The fraction of sp³-hybridized carbons (Fsp3) is 0.200. The van der Waals surface area contributed by atoms with Gasteiger partial charge in [-0.05, 0) is 48.8 Å². The van der Waals surface area contributed by atoms with E-state index in [1.807, 2.05) is 36.4 Å². The van der Waals surface area contributed by atoms with Crippen LogP contribution in [-0.2, 0) is 6.54 Å². The fourth-order valence-corrected chi connectivity index (χ4v) is 3.26. The summed E-state index contributed by atoms with van der Waals surface area (Å²) in [5.74, 6) is 0.796. The smallest absolute Gasteiger partial charge is 0.261 e. The number of aromatic nitrogens is 2. The minimum Gasteiger partial charge on any atom is -0.385 e. The van der Waals surface area contributed by atoms with Crippen LogP contribution < -0.4 is 10.9 Å². The van der Waals surface area contributed by atoms with E-state index in [4.69, 9.17) is 4.98 Å². The Hall–Kier alpha value is -2.88. The Labute approximate surface area is 140 Å². The number of nitrogens with one attached hydrogen (secondary N) is 1. The number of hydrogen-bond donors (Lipinski definition) is 1. The van der Waals surface area contributed by atoms with Gasteiger partial charge in [-0.3, -0.25) is 9.36 Å². The molecule has 0 fully saturated rings. The summed E-state index contributed by atoms with van der Waals surface area (Å²) in [4.78, 5) is 17.4. The summed E-state index contributed by atoms with van der Waals surface area (Å²) in [7, 11) is 0. The first-order valence-corrected chi connectivity index (χ1v) is 8.31. The Morgan fingerprint density at radius 2 is 1.96 bits per heavy atom. The molecule has 120 valence electrons. The summed E-state index contributed by atoms with van der Waals surface area (Å²) in [6.07, 6.45) is 2.98. The topological polar surface area (TPSA) is 46.9 Å². The first-order chi connectivity index (χ1) is 11.8. The molecule has 0 spiro atoms. The van der Waals surface area contributed by atoms with Crippen LogP contribution in [0.25, 0.3) is 22.6 Å². The first-order valence-electron chi connectivity index (χ1n) is 8.31. The van der Waals surface area contributed by atoms with Gasteiger partial charge >= 0.3 is 0 Å². The molecule has 1 N–H and O–H groups in total. The van der Waals surface area contributed by atoms with Gasteiger partial charge in [0.15, 0.2) is 0 Å². The van der Waals surface area contributed by atoms with Crippen LogP contribution in [0.1, 0.15) is 24.7 Å². The predicted molar refractivity (Wildman–Crippen MR) is 99.1 cm³/mol. The van der Waals surface area contributed by atoms with Gasteiger partial charge in [0.2, 0.25) is 0 Å². The number of benzene rings is 2. The van der Waals surface area contributed by atoms with Crippen molar-refractivity contribution < 1.29 is 0 Å². The Morgan fingerprint density at radius 3 is 2.83 bits per heavy atom. The number of fused-ring (bicyclic) bond motifs is 2. The lowest BCUT2D eigenvalue weighted by Crippen LogP contribution is -2.20. The van der Waals surface area contributed by atoms with Crippen molar-refractivity contribution in [3.8, 4) is 0 Å². The molecule has 2 heterocycles. The maximum atomic E-state index is 12.7. The molecule has 24 heavy (non-hydrogen) atoms. The first kappa shape index (κ1) is 14.7. The van der Waals surface area contributed by atoms with Crippen molar-refractivity contribution in [2.45, 2.75) is 19.9 Å². The van der Waals surface area contributed by atoms with Crippen LogP contribution in [0.4, 0.5) is 5.69 Å². The third-order valence-electron chi connectivity index (χ3n) is 4.41. The molecular formula is C20H19N3O. The van der Waals surface area contributed by atoms with Gasteiger partial charge in [-0.25, -0.2) is 4.98 Å². The average Bonchev–Trinajstić information content (AvgIpc) is 3.00. The quantitative estimate of drug-likeness (QED) is 0.800. The Morgan fingerprint density at radius 1 is 1.17 bits per heavy atom. The highest BCUT2D eigenvalue weighted by Gasteiger charge is 2.20. The minimum atomic E-state index is 0.0546. The van der Waals surface area contributed by atoms with Gasteiger partial charge < -0.3 is 5.32 Å². The van der Waals surface area contributed by atoms with Crippen LogP contribution in [0.15, 0.2) is 53.3 Å².